The Morgan fingerprint density at radius 2 is 2.15 bits per heavy atom. The minimum atomic E-state index is 0.256. The lowest BCUT2D eigenvalue weighted by molar-refractivity contribution is 0.173. The van der Waals surface area contributed by atoms with E-state index < -0.39 is 0 Å². The van der Waals surface area contributed by atoms with Crippen molar-refractivity contribution in [1.82, 2.24) is 0 Å². The molecular formula is C15H11ClN2O2. The molecule has 3 rings (SSSR count). The minimum Gasteiger partial charge on any atom is -0.454 e. The number of nitriles is 1. The molecule has 5 heteroatoms. The van der Waals surface area contributed by atoms with Crippen LogP contribution in [0.3, 0.4) is 0 Å². The number of benzene rings is 2. The van der Waals surface area contributed by atoms with Crippen molar-refractivity contribution in [2.24, 2.45) is 0 Å². The maximum Gasteiger partial charge on any atom is 0.231 e. The summed E-state index contributed by atoms with van der Waals surface area (Å²) in [6.45, 7) is 0.838. The molecule has 1 N–H and O–H groups in total. The number of fused-ring (bicyclic) bond motifs is 1. The second-order valence-electron chi connectivity index (χ2n) is 4.31. The van der Waals surface area contributed by atoms with Gasteiger partial charge in [-0.15, -0.1) is 0 Å². The Hall–Kier alpha value is -2.38. The molecule has 1 aliphatic rings. The van der Waals surface area contributed by atoms with Crippen molar-refractivity contribution in [3.63, 3.8) is 0 Å². The number of nitrogens with zero attached hydrogens (tertiary/aromatic N) is 1. The molecular weight excluding hydrogens is 276 g/mol. The third-order valence-corrected chi connectivity index (χ3v) is 3.38. The number of rotatable bonds is 3. The van der Waals surface area contributed by atoms with Gasteiger partial charge in [0.1, 0.15) is 6.07 Å². The van der Waals surface area contributed by atoms with Gasteiger partial charge in [-0.3, -0.25) is 0 Å². The number of ether oxygens (including phenoxy) is 2. The maximum absolute atomic E-state index is 8.96. The van der Waals surface area contributed by atoms with Gasteiger partial charge in [0.2, 0.25) is 6.79 Å². The number of hydrogen-bond acceptors (Lipinski definition) is 4. The van der Waals surface area contributed by atoms with Crippen molar-refractivity contribution in [2.75, 3.05) is 12.1 Å². The van der Waals surface area contributed by atoms with E-state index in [1.807, 2.05) is 24.3 Å². The Kier molecular flexibility index (Phi) is 3.36. The van der Waals surface area contributed by atoms with E-state index in [2.05, 4.69) is 11.4 Å². The molecule has 2 aromatic carbocycles. The Balaban J connectivity index is 1.78. The number of hydrogen-bond donors (Lipinski definition) is 1. The predicted molar refractivity (Wildman–Crippen MR) is 76.1 cm³/mol. The molecule has 0 saturated carbocycles. The zero-order valence-electron chi connectivity index (χ0n) is 10.5. The van der Waals surface area contributed by atoms with Gasteiger partial charge in [0.25, 0.3) is 0 Å². The fourth-order valence-corrected chi connectivity index (χ4v) is 2.21. The SMILES string of the molecule is N#Cc1cc(NCc2cccc3c2OCO3)ccc1Cl. The van der Waals surface area contributed by atoms with Gasteiger partial charge >= 0.3 is 0 Å². The Labute approximate surface area is 121 Å². The summed E-state index contributed by atoms with van der Waals surface area (Å²) in [5.74, 6) is 1.53. The molecule has 20 heavy (non-hydrogen) atoms. The second kappa shape index (κ2) is 5.32. The topological polar surface area (TPSA) is 54.3 Å². The summed E-state index contributed by atoms with van der Waals surface area (Å²) >= 11 is 5.90. The molecule has 0 unspecified atom stereocenters. The van der Waals surface area contributed by atoms with E-state index in [9.17, 15) is 0 Å². The quantitative estimate of drug-likeness (QED) is 0.937. The molecule has 0 saturated heterocycles. The van der Waals surface area contributed by atoms with Crippen LogP contribution in [0.1, 0.15) is 11.1 Å². The minimum absolute atomic E-state index is 0.256. The highest BCUT2D eigenvalue weighted by atomic mass is 35.5. The lowest BCUT2D eigenvalue weighted by Gasteiger charge is -2.09. The monoisotopic (exact) mass is 286 g/mol. The van der Waals surface area contributed by atoms with Crippen LogP contribution in [0.2, 0.25) is 5.02 Å². The summed E-state index contributed by atoms with van der Waals surface area (Å²) in [5, 5.41) is 12.7. The summed E-state index contributed by atoms with van der Waals surface area (Å²) in [6, 6.07) is 13.1. The van der Waals surface area contributed by atoms with Crippen LogP contribution in [-0.2, 0) is 6.54 Å². The van der Waals surface area contributed by atoms with Crippen LogP contribution in [0.5, 0.6) is 11.5 Å². The van der Waals surface area contributed by atoms with Crippen LogP contribution in [0.15, 0.2) is 36.4 Å². The van der Waals surface area contributed by atoms with Crippen LogP contribution >= 0.6 is 11.6 Å². The summed E-state index contributed by atoms with van der Waals surface area (Å²) in [7, 11) is 0. The average molecular weight is 287 g/mol. The molecule has 0 aromatic heterocycles. The normalized spacial score (nSPS) is 12.0. The van der Waals surface area contributed by atoms with E-state index in [0.717, 1.165) is 22.7 Å². The molecule has 0 fully saturated rings. The first-order chi connectivity index (χ1) is 9.78. The van der Waals surface area contributed by atoms with Crippen LogP contribution < -0.4 is 14.8 Å². The standard InChI is InChI=1S/C15H11ClN2O2/c16-13-5-4-12(6-11(13)7-17)18-8-10-2-1-3-14-15(10)20-9-19-14/h1-6,18H,8-9H2. The van der Waals surface area contributed by atoms with Gasteiger partial charge in [0, 0.05) is 17.8 Å². The van der Waals surface area contributed by atoms with Gasteiger partial charge in [-0.25, -0.2) is 0 Å². The summed E-state index contributed by atoms with van der Waals surface area (Å²) in [6.07, 6.45) is 0. The zero-order valence-corrected chi connectivity index (χ0v) is 11.3. The van der Waals surface area contributed by atoms with Gasteiger partial charge in [0.15, 0.2) is 11.5 Å². The number of halogens is 1. The van der Waals surface area contributed by atoms with E-state index in [4.69, 9.17) is 26.3 Å². The van der Waals surface area contributed by atoms with E-state index in [0.29, 0.717) is 17.1 Å². The molecule has 4 nitrogen and oxygen atoms in total. The fourth-order valence-electron chi connectivity index (χ4n) is 2.05. The van der Waals surface area contributed by atoms with Crippen LogP contribution in [0, 0.1) is 11.3 Å². The van der Waals surface area contributed by atoms with Crippen molar-refractivity contribution in [2.45, 2.75) is 6.54 Å². The lowest BCUT2D eigenvalue weighted by atomic mass is 10.1. The Bertz CT molecular complexity index is 695. The summed E-state index contributed by atoms with van der Waals surface area (Å²) < 4.78 is 10.8. The molecule has 0 atom stereocenters. The first-order valence-electron chi connectivity index (χ1n) is 6.09. The number of anilines is 1. The predicted octanol–water partition coefficient (Wildman–Crippen LogP) is 3.55. The van der Waals surface area contributed by atoms with E-state index in [1.54, 1.807) is 12.1 Å². The number of nitrogens with one attached hydrogen (secondary N) is 1. The number of para-hydroxylation sites is 1. The highest BCUT2D eigenvalue weighted by molar-refractivity contribution is 6.31. The van der Waals surface area contributed by atoms with Crippen molar-refractivity contribution in [1.29, 1.82) is 5.26 Å². The first-order valence-corrected chi connectivity index (χ1v) is 6.47. The van der Waals surface area contributed by atoms with E-state index in [-0.39, 0.29) is 6.79 Å². The maximum atomic E-state index is 8.96. The van der Waals surface area contributed by atoms with Gasteiger partial charge < -0.3 is 14.8 Å². The molecule has 1 heterocycles. The van der Waals surface area contributed by atoms with Crippen molar-refractivity contribution < 1.29 is 9.47 Å². The lowest BCUT2D eigenvalue weighted by Crippen LogP contribution is -2.01. The molecule has 0 bridgehead atoms. The molecule has 100 valence electrons. The van der Waals surface area contributed by atoms with E-state index >= 15 is 0 Å². The molecule has 0 spiro atoms. The van der Waals surface area contributed by atoms with Gasteiger partial charge in [-0.05, 0) is 24.3 Å². The molecule has 0 amide bonds. The third-order valence-electron chi connectivity index (χ3n) is 3.05. The van der Waals surface area contributed by atoms with Gasteiger partial charge in [-0.1, -0.05) is 23.7 Å². The van der Waals surface area contributed by atoms with Crippen LogP contribution in [0.4, 0.5) is 5.69 Å². The molecule has 2 aromatic rings. The van der Waals surface area contributed by atoms with Crippen LogP contribution in [-0.4, -0.2) is 6.79 Å². The molecule has 0 aliphatic carbocycles. The Morgan fingerprint density at radius 3 is 3.00 bits per heavy atom. The second-order valence-corrected chi connectivity index (χ2v) is 4.72. The molecule has 1 aliphatic heterocycles. The fraction of sp³-hybridized carbons (Fsp3) is 0.133. The summed E-state index contributed by atoms with van der Waals surface area (Å²) in [5.41, 5.74) is 2.30. The third kappa shape index (κ3) is 2.36. The van der Waals surface area contributed by atoms with Gasteiger partial charge in [-0.2, -0.15) is 5.26 Å². The zero-order chi connectivity index (χ0) is 13.9. The smallest absolute Gasteiger partial charge is 0.231 e. The van der Waals surface area contributed by atoms with E-state index in [1.165, 1.54) is 0 Å². The van der Waals surface area contributed by atoms with Crippen molar-refractivity contribution >= 4 is 17.3 Å². The van der Waals surface area contributed by atoms with Crippen LogP contribution in [0.25, 0.3) is 0 Å². The van der Waals surface area contributed by atoms with Gasteiger partial charge in [0.05, 0.1) is 10.6 Å². The molecule has 0 radical (unpaired) electrons. The average Bonchev–Trinajstić information content (AvgIpc) is 2.95. The first kappa shape index (κ1) is 12.6. The Morgan fingerprint density at radius 1 is 1.25 bits per heavy atom. The largest absolute Gasteiger partial charge is 0.454 e. The highest BCUT2D eigenvalue weighted by Crippen LogP contribution is 2.35. The van der Waals surface area contributed by atoms with Crippen molar-refractivity contribution in [3.8, 4) is 17.6 Å². The van der Waals surface area contributed by atoms with Crippen molar-refractivity contribution in [3.05, 3.63) is 52.5 Å². The highest BCUT2D eigenvalue weighted by Gasteiger charge is 2.16. The summed E-state index contributed by atoms with van der Waals surface area (Å²) in [4.78, 5) is 0.